The second-order valence-electron chi connectivity index (χ2n) is 4.02. The van der Waals surface area contributed by atoms with Crippen LogP contribution in [0.25, 0.3) is 0 Å². The van der Waals surface area contributed by atoms with Crippen molar-refractivity contribution in [1.29, 1.82) is 5.26 Å². The Bertz CT molecular complexity index is 187. The van der Waals surface area contributed by atoms with Crippen molar-refractivity contribution in [1.82, 2.24) is 10.4 Å². The van der Waals surface area contributed by atoms with Gasteiger partial charge in [0.1, 0.15) is 6.04 Å². The van der Waals surface area contributed by atoms with Crippen molar-refractivity contribution in [2.75, 3.05) is 0 Å². The molecule has 3 heteroatoms. The fraction of sp³-hybridized carbons (Fsp3) is 0.900. The van der Waals surface area contributed by atoms with E-state index in [-0.39, 0.29) is 6.04 Å². The molecule has 1 saturated heterocycles. The molecule has 1 aliphatic heterocycles. The lowest BCUT2D eigenvalue weighted by atomic mass is 10.00. The third-order valence-corrected chi connectivity index (χ3v) is 2.73. The smallest absolute Gasteiger partial charge is 0.105 e. The molecule has 3 nitrogen and oxygen atoms in total. The van der Waals surface area contributed by atoms with Crippen molar-refractivity contribution in [2.45, 2.75) is 58.2 Å². The van der Waals surface area contributed by atoms with Crippen molar-refractivity contribution in [3.05, 3.63) is 0 Å². The molecule has 0 aliphatic carbocycles. The lowest BCUT2D eigenvalue weighted by Crippen LogP contribution is -2.54. The predicted molar refractivity (Wildman–Crippen MR) is 52.8 cm³/mol. The molecule has 3 atom stereocenters. The second-order valence-corrected chi connectivity index (χ2v) is 4.02. The van der Waals surface area contributed by atoms with Crippen molar-refractivity contribution in [3.63, 3.8) is 0 Å². The van der Waals surface area contributed by atoms with E-state index in [2.05, 4.69) is 30.4 Å². The van der Waals surface area contributed by atoms with Crippen LogP contribution in [0.5, 0.6) is 0 Å². The molecular formula is C10H19N3. The molecule has 0 bridgehead atoms. The minimum absolute atomic E-state index is 0.0806. The van der Waals surface area contributed by atoms with Crippen LogP contribution in [0, 0.1) is 11.3 Å². The summed E-state index contributed by atoms with van der Waals surface area (Å²) in [5.41, 5.74) is 3.24. The maximum Gasteiger partial charge on any atom is 0.105 e. The van der Waals surface area contributed by atoms with E-state index in [1.54, 1.807) is 0 Å². The second kappa shape index (κ2) is 4.59. The summed E-state index contributed by atoms with van der Waals surface area (Å²) in [4.78, 5) is 0. The van der Waals surface area contributed by atoms with Gasteiger partial charge in [0.05, 0.1) is 6.07 Å². The van der Waals surface area contributed by atoms with Crippen LogP contribution in [0.1, 0.15) is 40.0 Å². The van der Waals surface area contributed by atoms with E-state index < -0.39 is 0 Å². The van der Waals surface area contributed by atoms with Gasteiger partial charge in [0.15, 0.2) is 0 Å². The monoisotopic (exact) mass is 181 g/mol. The molecule has 0 saturated carbocycles. The zero-order valence-corrected chi connectivity index (χ0v) is 8.75. The molecule has 0 radical (unpaired) electrons. The van der Waals surface area contributed by atoms with E-state index in [1.165, 1.54) is 19.3 Å². The average Bonchev–Trinajstić information content (AvgIpc) is 2.11. The largest absolute Gasteiger partial charge is 0.238 e. The van der Waals surface area contributed by atoms with Crippen molar-refractivity contribution in [3.8, 4) is 6.07 Å². The first-order chi connectivity index (χ1) is 6.15. The van der Waals surface area contributed by atoms with Gasteiger partial charge in [0, 0.05) is 12.1 Å². The van der Waals surface area contributed by atoms with Gasteiger partial charge in [-0.25, -0.2) is 10.4 Å². The number of hydrazine groups is 1. The summed E-state index contributed by atoms with van der Waals surface area (Å²) in [6.07, 6.45) is 3.77. The van der Waals surface area contributed by atoms with Gasteiger partial charge in [0.25, 0.3) is 0 Å². The van der Waals surface area contributed by atoms with Crippen LogP contribution in [0.3, 0.4) is 0 Å². The number of hydrogen-bond donors (Lipinski definition) is 1. The lowest BCUT2D eigenvalue weighted by Gasteiger charge is -2.39. The van der Waals surface area contributed by atoms with Gasteiger partial charge in [0.2, 0.25) is 0 Å². The molecule has 1 heterocycles. The van der Waals surface area contributed by atoms with E-state index >= 15 is 0 Å². The molecule has 1 aliphatic rings. The summed E-state index contributed by atoms with van der Waals surface area (Å²) in [6, 6.07) is 3.23. The van der Waals surface area contributed by atoms with Crippen LogP contribution < -0.4 is 5.43 Å². The Morgan fingerprint density at radius 2 is 1.92 bits per heavy atom. The van der Waals surface area contributed by atoms with Crippen LogP contribution >= 0.6 is 0 Å². The Balaban J connectivity index is 2.49. The number of nitrogens with zero attached hydrogens (tertiary/aromatic N) is 2. The predicted octanol–water partition coefficient (Wildman–Crippen LogP) is 1.67. The highest BCUT2D eigenvalue weighted by Gasteiger charge is 2.25. The third kappa shape index (κ3) is 2.68. The van der Waals surface area contributed by atoms with Crippen molar-refractivity contribution >= 4 is 0 Å². The highest BCUT2D eigenvalue weighted by Crippen LogP contribution is 2.20. The molecule has 0 aromatic carbocycles. The van der Waals surface area contributed by atoms with Crippen LogP contribution in [0.2, 0.25) is 0 Å². The van der Waals surface area contributed by atoms with E-state index in [1.807, 2.05) is 6.92 Å². The Hall–Kier alpha value is -0.590. The molecule has 74 valence electrons. The van der Waals surface area contributed by atoms with Crippen LogP contribution in [-0.2, 0) is 0 Å². The highest BCUT2D eigenvalue weighted by atomic mass is 15.5. The Morgan fingerprint density at radius 3 is 2.38 bits per heavy atom. The average molecular weight is 181 g/mol. The summed E-state index contributed by atoms with van der Waals surface area (Å²) in [6.45, 7) is 6.33. The Morgan fingerprint density at radius 1 is 1.38 bits per heavy atom. The summed E-state index contributed by atoms with van der Waals surface area (Å²) < 4.78 is 0. The first-order valence-electron chi connectivity index (χ1n) is 5.09. The fourth-order valence-electron chi connectivity index (χ4n) is 1.93. The zero-order chi connectivity index (χ0) is 9.84. The van der Waals surface area contributed by atoms with Gasteiger partial charge in [-0.2, -0.15) is 5.26 Å². The minimum Gasteiger partial charge on any atom is -0.238 e. The lowest BCUT2D eigenvalue weighted by molar-refractivity contribution is 0.0400. The van der Waals surface area contributed by atoms with Gasteiger partial charge in [-0.1, -0.05) is 6.42 Å². The fourth-order valence-corrected chi connectivity index (χ4v) is 1.93. The summed E-state index contributed by atoms with van der Waals surface area (Å²) in [5, 5.41) is 10.9. The number of nitrogens with one attached hydrogen (secondary N) is 1. The first kappa shape index (κ1) is 10.5. The standard InChI is InChI=1S/C10H19N3/c1-8(7-11)12-13-9(2)5-4-6-10(13)3/h8-10,12H,4-6H2,1-3H3. The third-order valence-electron chi connectivity index (χ3n) is 2.73. The quantitative estimate of drug-likeness (QED) is 0.704. The van der Waals surface area contributed by atoms with E-state index in [9.17, 15) is 0 Å². The topological polar surface area (TPSA) is 39.1 Å². The normalized spacial score (nSPS) is 32.5. The molecule has 0 amide bonds. The molecule has 13 heavy (non-hydrogen) atoms. The van der Waals surface area contributed by atoms with Crippen LogP contribution in [0.15, 0.2) is 0 Å². The molecule has 1 fully saturated rings. The Labute approximate surface area is 80.7 Å². The van der Waals surface area contributed by atoms with E-state index in [0.717, 1.165) is 0 Å². The molecule has 1 N–H and O–H groups in total. The minimum atomic E-state index is -0.0806. The molecule has 3 unspecified atom stereocenters. The number of hydrogen-bond acceptors (Lipinski definition) is 3. The number of nitriles is 1. The molecular weight excluding hydrogens is 162 g/mol. The molecule has 1 rings (SSSR count). The Kier molecular flexibility index (Phi) is 3.71. The van der Waals surface area contributed by atoms with Gasteiger partial charge >= 0.3 is 0 Å². The van der Waals surface area contributed by atoms with Gasteiger partial charge in [-0.3, -0.25) is 0 Å². The summed E-state index contributed by atoms with van der Waals surface area (Å²) >= 11 is 0. The van der Waals surface area contributed by atoms with Crippen molar-refractivity contribution < 1.29 is 0 Å². The first-order valence-corrected chi connectivity index (χ1v) is 5.09. The maximum atomic E-state index is 8.70. The highest BCUT2D eigenvalue weighted by molar-refractivity contribution is 4.87. The SMILES string of the molecule is CC(C#N)NN1C(C)CCCC1C. The summed E-state index contributed by atoms with van der Waals surface area (Å²) in [7, 11) is 0. The maximum absolute atomic E-state index is 8.70. The van der Waals surface area contributed by atoms with Gasteiger partial charge in [-0.05, 0) is 33.6 Å². The number of piperidine rings is 1. The van der Waals surface area contributed by atoms with Gasteiger partial charge in [-0.15, -0.1) is 0 Å². The molecule has 0 aromatic heterocycles. The number of rotatable bonds is 2. The van der Waals surface area contributed by atoms with E-state index in [4.69, 9.17) is 5.26 Å². The van der Waals surface area contributed by atoms with Gasteiger partial charge < -0.3 is 0 Å². The van der Waals surface area contributed by atoms with Crippen LogP contribution in [-0.4, -0.2) is 23.1 Å². The van der Waals surface area contributed by atoms with E-state index in [0.29, 0.717) is 12.1 Å². The van der Waals surface area contributed by atoms with Crippen molar-refractivity contribution in [2.24, 2.45) is 0 Å². The van der Waals surface area contributed by atoms with Crippen LogP contribution in [0.4, 0.5) is 0 Å². The molecule has 0 aromatic rings. The zero-order valence-electron chi connectivity index (χ0n) is 8.75. The summed E-state index contributed by atoms with van der Waals surface area (Å²) in [5.74, 6) is 0. The molecule has 0 spiro atoms.